The molecule has 2 aliphatic heterocycles. The predicted molar refractivity (Wildman–Crippen MR) is 147 cm³/mol. The molecule has 3 unspecified atom stereocenters. The van der Waals surface area contributed by atoms with Crippen LogP contribution in [0.3, 0.4) is 0 Å². The highest BCUT2D eigenvalue weighted by molar-refractivity contribution is 6.35. The molecule has 0 aromatic heterocycles. The molecule has 5 rings (SSSR count). The SMILES string of the molecule is O=C(NOCc1ccccc1)C1c2ccccc2C(=O)N(C2CO[C@H](CO)[C@@H](O)[C@@H]2O)C1c1ccc(Cl)cc1Cl. The van der Waals surface area contributed by atoms with E-state index in [-0.39, 0.29) is 23.8 Å². The number of nitrogens with zero attached hydrogens (tertiary/aromatic N) is 1. The number of benzene rings is 3. The summed E-state index contributed by atoms with van der Waals surface area (Å²) in [6.07, 6.45) is -3.98. The molecule has 2 aliphatic rings. The molecule has 3 aromatic carbocycles. The maximum atomic E-state index is 14.0. The van der Waals surface area contributed by atoms with Crippen molar-refractivity contribution in [3.63, 3.8) is 0 Å². The van der Waals surface area contributed by atoms with Gasteiger partial charge in [-0.25, -0.2) is 5.48 Å². The molecule has 1 fully saturated rings. The van der Waals surface area contributed by atoms with Crippen LogP contribution in [0.25, 0.3) is 0 Å². The quantitative estimate of drug-likeness (QED) is 0.313. The second-order valence-corrected chi connectivity index (χ2v) is 10.6. The summed E-state index contributed by atoms with van der Waals surface area (Å²) < 4.78 is 5.62. The number of nitrogens with one attached hydrogen (secondary N) is 1. The predicted octanol–water partition coefficient (Wildman–Crippen LogP) is 3.00. The van der Waals surface area contributed by atoms with Gasteiger partial charge in [-0.2, -0.15) is 0 Å². The van der Waals surface area contributed by atoms with Gasteiger partial charge in [-0.05, 0) is 34.9 Å². The van der Waals surface area contributed by atoms with E-state index < -0.39 is 54.7 Å². The minimum Gasteiger partial charge on any atom is -0.394 e. The number of hydroxylamine groups is 1. The van der Waals surface area contributed by atoms with Crippen LogP contribution in [0.1, 0.15) is 39.0 Å². The van der Waals surface area contributed by atoms with Crippen molar-refractivity contribution in [3.05, 3.63) is 105 Å². The second-order valence-electron chi connectivity index (χ2n) is 9.73. The lowest BCUT2D eigenvalue weighted by Gasteiger charge is -2.49. The van der Waals surface area contributed by atoms with Crippen molar-refractivity contribution in [3.8, 4) is 0 Å². The van der Waals surface area contributed by atoms with Crippen LogP contribution in [-0.2, 0) is 21.0 Å². The second kappa shape index (κ2) is 12.2. The van der Waals surface area contributed by atoms with E-state index in [1.165, 1.54) is 11.0 Å². The fraction of sp³-hybridized carbons (Fsp3) is 0.310. The lowest BCUT2D eigenvalue weighted by atomic mass is 9.77. The summed E-state index contributed by atoms with van der Waals surface area (Å²) in [5.41, 5.74) is 4.47. The van der Waals surface area contributed by atoms with Gasteiger partial charge in [0.25, 0.3) is 11.8 Å². The van der Waals surface area contributed by atoms with Crippen molar-refractivity contribution in [1.82, 2.24) is 10.4 Å². The Balaban J connectivity index is 1.58. The van der Waals surface area contributed by atoms with Crippen molar-refractivity contribution >= 4 is 35.0 Å². The molecule has 1 saturated heterocycles. The fourth-order valence-corrected chi connectivity index (χ4v) is 5.89. The molecular formula is C29H28Cl2N2O7. The summed E-state index contributed by atoms with van der Waals surface area (Å²) in [7, 11) is 0. The highest BCUT2D eigenvalue weighted by atomic mass is 35.5. The molecule has 11 heteroatoms. The summed E-state index contributed by atoms with van der Waals surface area (Å²) in [5.74, 6) is -2.05. The first kappa shape index (κ1) is 28.5. The molecule has 3 aromatic rings. The Hall–Kier alpha value is -3.02. The number of aliphatic hydroxyl groups is 3. The van der Waals surface area contributed by atoms with E-state index in [2.05, 4.69) is 5.48 Å². The molecule has 0 bridgehead atoms. The third-order valence-corrected chi connectivity index (χ3v) is 7.90. The van der Waals surface area contributed by atoms with E-state index >= 15 is 0 Å². The number of halogens is 2. The average Bonchev–Trinajstić information content (AvgIpc) is 2.95. The zero-order valence-corrected chi connectivity index (χ0v) is 22.7. The largest absolute Gasteiger partial charge is 0.394 e. The number of amides is 2. The molecule has 0 saturated carbocycles. The van der Waals surface area contributed by atoms with E-state index in [9.17, 15) is 24.9 Å². The van der Waals surface area contributed by atoms with Gasteiger partial charge in [0, 0.05) is 15.6 Å². The van der Waals surface area contributed by atoms with Gasteiger partial charge < -0.3 is 25.0 Å². The summed E-state index contributed by atoms with van der Waals surface area (Å²) in [6, 6.07) is 18.6. The van der Waals surface area contributed by atoms with Crippen molar-refractivity contribution in [1.29, 1.82) is 0 Å². The van der Waals surface area contributed by atoms with Crippen LogP contribution in [0.15, 0.2) is 72.8 Å². The number of hydrogen-bond donors (Lipinski definition) is 4. The molecule has 2 heterocycles. The lowest BCUT2D eigenvalue weighted by Crippen LogP contribution is -2.63. The first-order valence-corrected chi connectivity index (χ1v) is 13.5. The number of carbonyl (C=O) groups excluding carboxylic acids is 2. The topological polar surface area (TPSA) is 129 Å². The average molecular weight is 587 g/mol. The van der Waals surface area contributed by atoms with Crippen LogP contribution in [0.4, 0.5) is 0 Å². The molecule has 9 nitrogen and oxygen atoms in total. The smallest absolute Gasteiger partial charge is 0.255 e. The van der Waals surface area contributed by atoms with Crippen LogP contribution >= 0.6 is 23.2 Å². The van der Waals surface area contributed by atoms with Crippen LogP contribution in [0.5, 0.6) is 0 Å². The summed E-state index contributed by atoms with van der Waals surface area (Å²) in [4.78, 5) is 34.8. The van der Waals surface area contributed by atoms with Gasteiger partial charge in [0.05, 0.1) is 37.8 Å². The van der Waals surface area contributed by atoms with Gasteiger partial charge in [-0.3, -0.25) is 14.4 Å². The summed E-state index contributed by atoms with van der Waals surface area (Å²) in [6.45, 7) is -0.601. The van der Waals surface area contributed by atoms with Crippen LogP contribution in [-0.4, -0.2) is 69.6 Å². The Bertz CT molecular complexity index is 1380. The normalized spacial score (nSPS) is 26.3. The third-order valence-electron chi connectivity index (χ3n) is 7.34. The molecule has 2 amide bonds. The fourth-order valence-electron chi connectivity index (χ4n) is 5.37. The summed E-state index contributed by atoms with van der Waals surface area (Å²) >= 11 is 12.8. The van der Waals surface area contributed by atoms with Crippen molar-refractivity contribution in [2.24, 2.45) is 0 Å². The van der Waals surface area contributed by atoms with Crippen molar-refractivity contribution in [2.75, 3.05) is 13.2 Å². The van der Waals surface area contributed by atoms with Gasteiger partial charge >= 0.3 is 0 Å². The van der Waals surface area contributed by atoms with Gasteiger partial charge in [0.2, 0.25) is 0 Å². The van der Waals surface area contributed by atoms with E-state index in [0.29, 0.717) is 16.1 Å². The maximum Gasteiger partial charge on any atom is 0.255 e. The molecule has 4 N–H and O–H groups in total. The molecular weight excluding hydrogens is 559 g/mol. The lowest BCUT2D eigenvalue weighted by molar-refractivity contribution is -0.181. The number of aliphatic hydroxyl groups excluding tert-OH is 3. The number of carbonyl (C=O) groups is 2. The first-order valence-electron chi connectivity index (χ1n) is 12.7. The minimum atomic E-state index is -1.48. The molecule has 40 heavy (non-hydrogen) atoms. The molecule has 0 spiro atoms. The van der Waals surface area contributed by atoms with E-state index in [4.69, 9.17) is 32.8 Å². The molecule has 6 atom stereocenters. The van der Waals surface area contributed by atoms with Gasteiger partial charge in [-0.15, -0.1) is 0 Å². The minimum absolute atomic E-state index is 0.111. The maximum absolute atomic E-state index is 14.0. The van der Waals surface area contributed by atoms with Crippen LogP contribution in [0, 0.1) is 0 Å². The monoisotopic (exact) mass is 586 g/mol. The van der Waals surface area contributed by atoms with E-state index in [1.807, 2.05) is 30.3 Å². The zero-order valence-electron chi connectivity index (χ0n) is 21.2. The number of ether oxygens (including phenoxy) is 1. The first-order chi connectivity index (χ1) is 19.3. The standard InChI is InChI=1S/C29H28Cl2N2O7/c30-17-10-11-20(21(31)12-17)25-24(28(37)32-40-14-16-6-2-1-3-7-16)18-8-4-5-9-19(18)29(38)33(25)22-15-39-23(13-34)27(36)26(22)35/h1-12,22-27,34-36H,13-15H2,(H,32,37)/t22?,23-,24?,25?,26-,27-/m1/s1. The Kier molecular flexibility index (Phi) is 8.72. The molecule has 210 valence electrons. The van der Waals surface area contributed by atoms with Gasteiger partial charge in [0.1, 0.15) is 18.3 Å². The summed E-state index contributed by atoms with van der Waals surface area (Å²) in [5, 5.41) is 31.9. The number of rotatable bonds is 7. The van der Waals surface area contributed by atoms with Crippen LogP contribution in [0.2, 0.25) is 10.0 Å². The van der Waals surface area contributed by atoms with Crippen molar-refractivity contribution < 1.29 is 34.5 Å². The Morgan fingerprint density at radius 2 is 1.73 bits per heavy atom. The molecule has 0 radical (unpaired) electrons. The Labute approximate surface area is 240 Å². The van der Waals surface area contributed by atoms with Gasteiger partial charge in [-0.1, -0.05) is 77.8 Å². The Morgan fingerprint density at radius 3 is 2.45 bits per heavy atom. The third kappa shape index (κ3) is 5.46. The van der Waals surface area contributed by atoms with E-state index in [0.717, 1.165) is 5.56 Å². The highest BCUT2D eigenvalue weighted by Crippen LogP contribution is 2.47. The van der Waals surface area contributed by atoms with E-state index in [1.54, 1.807) is 36.4 Å². The number of hydrogen-bond acceptors (Lipinski definition) is 7. The molecule has 0 aliphatic carbocycles. The Morgan fingerprint density at radius 1 is 1.00 bits per heavy atom. The van der Waals surface area contributed by atoms with Gasteiger partial charge in [0.15, 0.2) is 0 Å². The number of fused-ring (bicyclic) bond motifs is 1. The highest BCUT2D eigenvalue weighted by Gasteiger charge is 2.51. The van der Waals surface area contributed by atoms with Crippen molar-refractivity contribution in [2.45, 2.75) is 42.9 Å². The van der Waals surface area contributed by atoms with Crippen LogP contribution < -0.4 is 5.48 Å². The zero-order chi connectivity index (χ0) is 28.4.